The van der Waals surface area contributed by atoms with E-state index in [0.717, 1.165) is 23.8 Å². The van der Waals surface area contributed by atoms with Gasteiger partial charge in [0.25, 0.3) is 0 Å². The predicted octanol–water partition coefficient (Wildman–Crippen LogP) is 5.65. The van der Waals surface area contributed by atoms with Crippen molar-refractivity contribution in [3.05, 3.63) is 48.0 Å². The highest BCUT2D eigenvalue weighted by molar-refractivity contribution is 5.31. The Morgan fingerprint density at radius 3 is 2.24 bits per heavy atom. The Bertz CT molecular complexity index is 458. The minimum absolute atomic E-state index is 0.763. The highest BCUT2D eigenvalue weighted by Crippen LogP contribution is 2.34. The van der Waals surface area contributed by atoms with Gasteiger partial charge >= 0.3 is 0 Å². The lowest BCUT2D eigenvalue weighted by atomic mass is 9.78. The summed E-state index contributed by atoms with van der Waals surface area (Å²) < 4.78 is 0. The van der Waals surface area contributed by atoms with Crippen LogP contribution in [0.2, 0.25) is 0 Å². The number of allylic oxidation sites excluding steroid dienone is 1. The van der Waals surface area contributed by atoms with E-state index in [9.17, 15) is 0 Å². The molecule has 1 aliphatic rings. The lowest BCUT2D eigenvalue weighted by molar-refractivity contribution is 0.251. The smallest absolute Gasteiger partial charge is 0.0991 e. The standard InChI is InChI=1S/C20H27N/c1-2-3-4-5-17-6-8-18(9-7-17)10-11-19-12-14-20(16-21)15-13-19/h2,12-15,17-18H,1,3-11H2. The molecule has 0 aromatic heterocycles. The summed E-state index contributed by atoms with van der Waals surface area (Å²) >= 11 is 0. The van der Waals surface area contributed by atoms with E-state index >= 15 is 0 Å². The summed E-state index contributed by atoms with van der Waals surface area (Å²) in [6.07, 6.45) is 14.1. The number of rotatable bonds is 7. The third-order valence-electron chi connectivity index (χ3n) is 4.91. The fourth-order valence-electron chi connectivity index (χ4n) is 3.48. The van der Waals surface area contributed by atoms with Crippen LogP contribution in [-0.2, 0) is 6.42 Å². The molecule has 112 valence electrons. The summed E-state index contributed by atoms with van der Waals surface area (Å²) in [6, 6.07) is 10.3. The van der Waals surface area contributed by atoms with Gasteiger partial charge in [0.05, 0.1) is 11.6 Å². The van der Waals surface area contributed by atoms with E-state index in [1.807, 2.05) is 18.2 Å². The molecule has 1 aliphatic carbocycles. The molecule has 1 aromatic rings. The Morgan fingerprint density at radius 1 is 1.05 bits per heavy atom. The molecule has 1 fully saturated rings. The van der Waals surface area contributed by atoms with Gasteiger partial charge in [-0.05, 0) is 55.2 Å². The second-order valence-electron chi connectivity index (χ2n) is 6.45. The van der Waals surface area contributed by atoms with Gasteiger partial charge in [0.2, 0.25) is 0 Å². The third kappa shape index (κ3) is 5.38. The highest BCUT2D eigenvalue weighted by Gasteiger charge is 2.20. The van der Waals surface area contributed by atoms with E-state index in [1.165, 1.54) is 56.9 Å². The molecular weight excluding hydrogens is 254 g/mol. The first-order valence-electron chi connectivity index (χ1n) is 8.41. The first kappa shape index (κ1) is 15.8. The fourth-order valence-corrected chi connectivity index (χ4v) is 3.48. The number of benzene rings is 1. The lowest BCUT2D eigenvalue weighted by Gasteiger charge is -2.28. The summed E-state index contributed by atoms with van der Waals surface area (Å²) in [4.78, 5) is 0. The molecule has 21 heavy (non-hydrogen) atoms. The number of nitriles is 1. The molecule has 0 saturated heterocycles. The van der Waals surface area contributed by atoms with E-state index in [1.54, 1.807) is 0 Å². The van der Waals surface area contributed by atoms with E-state index in [-0.39, 0.29) is 0 Å². The third-order valence-corrected chi connectivity index (χ3v) is 4.91. The monoisotopic (exact) mass is 281 g/mol. The number of unbranched alkanes of at least 4 members (excludes halogenated alkanes) is 1. The average Bonchev–Trinajstić information content (AvgIpc) is 2.55. The molecule has 2 rings (SSSR count). The number of hydrogen-bond donors (Lipinski definition) is 0. The molecule has 1 nitrogen and oxygen atoms in total. The first-order chi connectivity index (χ1) is 10.3. The van der Waals surface area contributed by atoms with Crippen LogP contribution in [0.15, 0.2) is 36.9 Å². The second kappa shape index (κ2) is 8.67. The van der Waals surface area contributed by atoms with Crippen LogP contribution >= 0.6 is 0 Å². The summed E-state index contributed by atoms with van der Waals surface area (Å²) in [5.74, 6) is 1.88. The number of hydrogen-bond acceptors (Lipinski definition) is 1. The largest absolute Gasteiger partial charge is 0.192 e. The molecule has 0 spiro atoms. The molecule has 0 N–H and O–H groups in total. The van der Waals surface area contributed by atoms with Crippen molar-refractivity contribution >= 4 is 0 Å². The van der Waals surface area contributed by atoms with Crippen LogP contribution in [0.1, 0.15) is 62.5 Å². The van der Waals surface area contributed by atoms with Crippen molar-refractivity contribution < 1.29 is 0 Å². The Kier molecular flexibility index (Phi) is 6.54. The van der Waals surface area contributed by atoms with Crippen molar-refractivity contribution in [2.75, 3.05) is 0 Å². The van der Waals surface area contributed by atoms with Crippen molar-refractivity contribution in [1.82, 2.24) is 0 Å². The Balaban J connectivity index is 1.66. The predicted molar refractivity (Wildman–Crippen MR) is 89.0 cm³/mol. The van der Waals surface area contributed by atoms with Gasteiger partial charge in [-0.3, -0.25) is 0 Å². The zero-order valence-electron chi connectivity index (χ0n) is 13.1. The van der Waals surface area contributed by atoms with E-state index in [0.29, 0.717) is 0 Å². The summed E-state index contributed by atoms with van der Waals surface area (Å²) in [5.41, 5.74) is 2.14. The lowest BCUT2D eigenvalue weighted by Crippen LogP contribution is -2.15. The second-order valence-corrected chi connectivity index (χ2v) is 6.45. The number of aryl methyl sites for hydroxylation is 1. The number of nitrogens with zero attached hydrogens (tertiary/aromatic N) is 1. The van der Waals surface area contributed by atoms with Crippen molar-refractivity contribution in [3.63, 3.8) is 0 Å². The van der Waals surface area contributed by atoms with Crippen molar-refractivity contribution in [1.29, 1.82) is 5.26 Å². The molecular formula is C20H27N. The van der Waals surface area contributed by atoms with Crippen LogP contribution in [0.4, 0.5) is 0 Å². The van der Waals surface area contributed by atoms with Gasteiger partial charge in [-0.2, -0.15) is 5.26 Å². The summed E-state index contributed by atoms with van der Waals surface area (Å²) in [6.45, 7) is 3.80. The van der Waals surface area contributed by atoms with Crippen molar-refractivity contribution in [2.24, 2.45) is 11.8 Å². The molecule has 0 aliphatic heterocycles. The summed E-state index contributed by atoms with van der Waals surface area (Å²) in [5, 5.41) is 8.81. The van der Waals surface area contributed by atoms with Gasteiger partial charge in [0.1, 0.15) is 0 Å². The van der Waals surface area contributed by atoms with Crippen LogP contribution in [0.5, 0.6) is 0 Å². The minimum Gasteiger partial charge on any atom is -0.192 e. The zero-order chi connectivity index (χ0) is 14.9. The van der Waals surface area contributed by atoms with E-state index in [2.05, 4.69) is 24.8 Å². The summed E-state index contributed by atoms with van der Waals surface area (Å²) in [7, 11) is 0. The van der Waals surface area contributed by atoms with Crippen LogP contribution in [-0.4, -0.2) is 0 Å². The zero-order valence-corrected chi connectivity index (χ0v) is 13.1. The SMILES string of the molecule is C=CCCCC1CCC(CCc2ccc(C#N)cc2)CC1. The van der Waals surface area contributed by atoms with Crippen LogP contribution in [0.3, 0.4) is 0 Å². The molecule has 0 atom stereocenters. The molecule has 0 heterocycles. The molecule has 0 radical (unpaired) electrons. The van der Waals surface area contributed by atoms with Crippen molar-refractivity contribution in [3.8, 4) is 6.07 Å². The Morgan fingerprint density at radius 2 is 1.67 bits per heavy atom. The maximum atomic E-state index is 8.81. The molecule has 0 amide bonds. The highest BCUT2D eigenvalue weighted by atomic mass is 14.3. The molecule has 1 saturated carbocycles. The quantitative estimate of drug-likeness (QED) is 0.467. The van der Waals surface area contributed by atoms with Gasteiger partial charge < -0.3 is 0 Å². The van der Waals surface area contributed by atoms with Gasteiger partial charge in [-0.15, -0.1) is 6.58 Å². The van der Waals surface area contributed by atoms with E-state index < -0.39 is 0 Å². The molecule has 1 heteroatoms. The van der Waals surface area contributed by atoms with Crippen LogP contribution < -0.4 is 0 Å². The normalized spacial score (nSPS) is 21.7. The molecule has 1 aromatic carbocycles. The van der Waals surface area contributed by atoms with Crippen LogP contribution in [0, 0.1) is 23.2 Å². The maximum absolute atomic E-state index is 8.81. The molecule has 0 unspecified atom stereocenters. The average molecular weight is 281 g/mol. The van der Waals surface area contributed by atoms with Gasteiger partial charge in [0.15, 0.2) is 0 Å². The molecule has 0 bridgehead atoms. The van der Waals surface area contributed by atoms with Gasteiger partial charge in [-0.1, -0.05) is 50.3 Å². The Hall–Kier alpha value is -1.55. The topological polar surface area (TPSA) is 23.8 Å². The van der Waals surface area contributed by atoms with E-state index in [4.69, 9.17) is 5.26 Å². The van der Waals surface area contributed by atoms with Crippen LogP contribution in [0.25, 0.3) is 0 Å². The fraction of sp³-hybridized carbons (Fsp3) is 0.550. The van der Waals surface area contributed by atoms with Crippen molar-refractivity contribution in [2.45, 2.75) is 57.8 Å². The van der Waals surface area contributed by atoms with Gasteiger partial charge in [-0.25, -0.2) is 0 Å². The van der Waals surface area contributed by atoms with Gasteiger partial charge in [0, 0.05) is 0 Å². The minimum atomic E-state index is 0.763. The Labute approximate surface area is 129 Å². The maximum Gasteiger partial charge on any atom is 0.0991 e. The first-order valence-corrected chi connectivity index (χ1v) is 8.41.